The molecule has 0 saturated carbocycles. The van der Waals surface area contributed by atoms with Gasteiger partial charge in [0.15, 0.2) is 5.96 Å². The maximum atomic E-state index is 12.4. The Balaban J connectivity index is 1.65. The zero-order valence-corrected chi connectivity index (χ0v) is 20.5. The fraction of sp³-hybridized carbons (Fsp3) is 0.913. The fourth-order valence-corrected chi connectivity index (χ4v) is 4.12. The number of unbranched alkanes of at least 4 members (excludes halogenated alkanes) is 1. The predicted molar refractivity (Wildman–Crippen MR) is 126 cm³/mol. The van der Waals surface area contributed by atoms with Crippen LogP contribution in [0.4, 0.5) is 4.79 Å². The van der Waals surface area contributed by atoms with Crippen molar-refractivity contribution < 1.29 is 14.3 Å². The number of carbonyl (C=O) groups is 1. The largest absolute Gasteiger partial charge is 0.444 e. The van der Waals surface area contributed by atoms with Crippen LogP contribution in [0.25, 0.3) is 0 Å². The van der Waals surface area contributed by atoms with Crippen LogP contribution in [0.3, 0.4) is 0 Å². The van der Waals surface area contributed by atoms with Gasteiger partial charge in [0, 0.05) is 52.9 Å². The number of likely N-dealkylation sites (tertiary alicyclic amines) is 1. The van der Waals surface area contributed by atoms with Crippen molar-refractivity contribution in [3.63, 3.8) is 0 Å². The van der Waals surface area contributed by atoms with E-state index in [1.54, 1.807) is 0 Å². The van der Waals surface area contributed by atoms with Gasteiger partial charge in [-0.1, -0.05) is 0 Å². The predicted octanol–water partition coefficient (Wildman–Crippen LogP) is 2.64. The summed E-state index contributed by atoms with van der Waals surface area (Å²) in [6.45, 7) is 17.1. The average Bonchev–Trinajstić information content (AvgIpc) is 2.74. The smallest absolute Gasteiger partial charge is 0.410 e. The molecule has 0 unspecified atom stereocenters. The molecule has 0 aliphatic carbocycles. The van der Waals surface area contributed by atoms with Crippen LogP contribution in [-0.4, -0.2) is 105 Å². The lowest BCUT2D eigenvalue weighted by Gasteiger charge is -2.36. The quantitative estimate of drug-likeness (QED) is 0.356. The highest BCUT2D eigenvalue weighted by Crippen LogP contribution is 2.20. The highest BCUT2D eigenvalue weighted by molar-refractivity contribution is 5.79. The number of guanidine groups is 1. The van der Waals surface area contributed by atoms with Gasteiger partial charge in [-0.05, 0) is 65.8 Å². The molecule has 0 aromatic carbocycles. The maximum absolute atomic E-state index is 12.4. The summed E-state index contributed by atoms with van der Waals surface area (Å²) in [7, 11) is 1.86. The Morgan fingerprint density at radius 2 is 1.84 bits per heavy atom. The summed E-state index contributed by atoms with van der Waals surface area (Å²) in [4.78, 5) is 23.6. The van der Waals surface area contributed by atoms with Crippen molar-refractivity contribution in [1.29, 1.82) is 0 Å². The van der Waals surface area contributed by atoms with Crippen molar-refractivity contribution >= 4 is 12.1 Å². The van der Waals surface area contributed by atoms with Crippen molar-refractivity contribution in [2.75, 3.05) is 72.6 Å². The van der Waals surface area contributed by atoms with Crippen LogP contribution in [0.5, 0.6) is 0 Å². The Labute approximate surface area is 189 Å². The molecule has 180 valence electrons. The number of rotatable bonds is 8. The van der Waals surface area contributed by atoms with E-state index in [-0.39, 0.29) is 6.09 Å². The summed E-state index contributed by atoms with van der Waals surface area (Å²) in [6.07, 6.45) is 4.28. The minimum absolute atomic E-state index is 0.202. The number of morpholine rings is 1. The van der Waals surface area contributed by atoms with Crippen LogP contribution >= 0.6 is 0 Å². The molecule has 0 bridgehead atoms. The van der Waals surface area contributed by atoms with Crippen molar-refractivity contribution in [1.82, 2.24) is 20.0 Å². The topological polar surface area (TPSA) is 69.6 Å². The molecule has 2 aliphatic heterocycles. The summed E-state index contributed by atoms with van der Waals surface area (Å²) < 4.78 is 11.0. The molecule has 1 N–H and O–H groups in total. The van der Waals surface area contributed by atoms with Crippen LogP contribution in [0, 0.1) is 5.92 Å². The number of hydrogen-bond acceptors (Lipinski definition) is 5. The zero-order chi connectivity index (χ0) is 22.7. The summed E-state index contributed by atoms with van der Waals surface area (Å²) >= 11 is 0. The van der Waals surface area contributed by atoms with E-state index in [4.69, 9.17) is 9.47 Å². The number of amides is 1. The molecule has 31 heavy (non-hydrogen) atoms. The Kier molecular flexibility index (Phi) is 10.9. The lowest BCUT2D eigenvalue weighted by Crippen LogP contribution is -2.48. The van der Waals surface area contributed by atoms with E-state index >= 15 is 0 Å². The first-order valence-electron chi connectivity index (χ1n) is 12.1. The van der Waals surface area contributed by atoms with E-state index in [2.05, 4.69) is 20.1 Å². The van der Waals surface area contributed by atoms with Gasteiger partial charge in [-0.15, -0.1) is 0 Å². The van der Waals surface area contributed by atoms with E-state index in [1.807, 2.05) is 39.6 Å². The van der Waals surface area contributed by atoms with Crippen molar-refractivity contribution in [3.8, 4) is 0 Å². The monoisotopic (exact) mass is 439 g/mol. The third-order valence-corrected chi connectivity index (χ3v) is 5.93. The minimum atomic E-state index is -0.450. The van der Waals surface area contributed by atoms with Gasteiger partial charge in [-0.2, -0.15) is 0 Å². The van der Waals surface area contributed by atoms with Crippen molar-refractivity contribution in [2.45, 2.75) is 59.0 Å². The Morgan fingerprint density at radius 1 is 1.16 bits per heavy atom. The molecule has 8 nitrogen and oxygen atoms in total. The number of hydrogen-bond donors (Lipinski definition) is 1. The Hall–Kier alpha value is -1.54. The third-order valence-electron chi connectivity index (χ3n) is 5.93. The normalized spacial score (nSPS) is 19.4. The molecule has 2 saturated heterocycles. The van der Waals surface area contributed by atoms with Crippen LogP contribution < -0.4 is 5.32 Å². The number of nitrogens with one attached hydrogen (secondary N) is 1. The van der Waals surface area contributed by atoms with Gasteiger partial charge in [0.05, 0.1) is 13.2 Å². The summed E-state index contributed by atoms with van der Waals surface area (Å²) in [5.41, 5.74) is -0.450. The van der Waals surface area contributed by atoms with E-state index < -0.39 is 5.60 Å². The SMILES string of the molecule is CCN(CC1CCN(C(=NC)NCCCCN2CCOCC2)CC1)C(=O)OC(C)(C)C. The van der Waals surface area contributed by atoms with Gasteiger partial charge in [0.25, 0.3) is 0 Å². The first-order chi connectivity index (χ1) is 14.8. The second-order valence-corrected chi connectivity index (χ2v) is 9.58. The van der Waals surface area contributed by atoms with Crippen LogP contribution in [0.1, 0.15) is 53.4 Å². The molecule has 2 heterocycles. The second kappa shape index (κ2) is 13.1. The zero-order valence-electron chi connectivity index (χ0n) is 20.5. The molecule has 0 atom stereocenters. The van der Waals surface area contributed by atoms with Gasteiger partial charge in [-0.25, -0.2) is 4.79 Å². The van der Waals surface area contributed by atoms with E-state index in [9.17, 15) is 4.79 Å². The molecule has 8 heteroatoms. The lowest BCUT2D eigenvalue weighted by atomic mass is 9.96. The molecule has 2 rings (SSSR count). The Morgan fingerprint density at radius 3 is 2.42 bits per heavy atom. The van der Waals surface area contributed by atoms with Crippen LogP contribution in [0.2, 0.25) is 0 Å². The molecule has 0 aromatic rings. The van der Waals surface area contributed by atoms with Gasteiger partial charge in [0.1, 0.15) is 5.60 Å². The minimum Gasteiger partial charge on any atom is -0.444 e. The Bertz CT molecular complexity index is 550. The molecule has 0 spiro atoms. The standard InChI is InChI=1S/C23H45N5O3/c1-6-27(22(29)31-23(2,3)4)19-20-9-13-28(14-10-20)21(24-5)25-11-7-8-12-26-15-17-30-18-16-26/h20H,6-19H2,1-5H3,(H,24,25). The first kappa shape index (κ1) is 25.7. The van der Waals surface area contributed by atoms with E-state index in [0.717, 1.165) is 84.2 Å². The molecular formula is C23H45N5O3. The lowest BCUT2D eigenvalue weighted by molar-refractivity contribution is 0.0214. The molecule has 0 aromatic heterocycles. The van der Waals surface area contributed by atoms with Gasteiger partial charge in [-0.3, -0.25) is 9.89 Å². The number of ether oxygens (including phenoxy) is 2. The molecule has 2 aliphatic rings. The average molecular weight is 440 g/mol. The van der Waals surface area contributed by atoms with Gasteiger partial charge >= 0.3 is 6.09 Å². The number of carbonyl (C=O) groups excluding carboxylic acids is 1. The number of piperidine rings is 1. The summed E-state index contributed by atoms with van der Waals surface area (Å²) in [5, 5.41) is 3.54. The van der Waals surface area contributed by atoms with Crippen molar-refractivity contribution in [2.24, 2.45) is 10.9 Å². The maximum Gasteiger partial charge on any atom is 0.410 e. The number of nitrogens with zero attached hydrogens (tertiary/aromatic N) is 4. The van der Waals surface area contributed by atoms with Gasteiger partial charge < -0.3 is 24.6 Å². The second-order valence-electron chi connectivity index (χ2n) is 9.58. The molecular weight excluding hydrogens is 394 g/mol. The fourth-order valence-electron chi connectivity index (χ4n) is 4.12. The highest BCUT2D eigenvalue weighted by Gasteiger charge is 2.27. The molecule has 2 fully saturated rings. The van der Waals surface area contributed by atoms with Crippen molar-refractivity contribution in [3.05, 3.63) is 0 Å². The number of aliphatic imine (C=N–C) groups is 1. The van der Waals surface area contributed by atoms with E-state index in [0.29, 0.717) is 12.5 Å². The summed E-state index contributed by atoms with van der Waals surface area (Å²) in [6, 6.07) is 0. The summed E-state index contributed by atoms with van der Waals surface area (Å²) in [5.74, 6) is 1.51. The highest BCUT2D eigenvalue weighted by atomic mass is 16.6. The third kappa shape index (κ3) is 9.64. The molecule has 0 radical (unpaired) electrons. The van der Waals surface area contributed by atoms with Crippen LogP contribution in [-0.2, 0) is 9.47 Å². The first-order valence-corrected chi connectivity index (χ1v) is 12.1. The molecule has 1 amide bonds. The van der Waals surface area contributed by atoms with Gasteiger partial charge in [0.2, 0.25) is 0 Å². The van der Waals surface area contributed by atoms with Crippen LogP contribution in [0.15, 0.2) is 4.99 Å². The van der Waals surface area contributed by atoms with E-state index in [1.165, 1.54) is 6.42 Å².